The van der Waals surface area contributed by atoms with E-state index in [-0.39, 0.29) is 11.9 Å². The highest BCUT2D eigenvalue weighted by atomic mass is 16.2. The van der Waals surface area contributed by atoms with Gasteiger partial charge in [-0.2, -0.15) is 0 Å². The Morgan fingerprint density at radius 3 is 2.35 bits per heavy atom. The lowest BCUT2D eigenvalue weighted by Crippen LogP contribution is -2.36. The number of hydrogen-bond donors (Lipinski definition) is 0. The number of hydrogen-bond acceptors (Lipinski definition) is 4. The molecule has 0 radical (unpaired) electrons. The third kappa shape index (κ3) is 3.77. The highest BCUT2D eigenvalue weighted by Gasteiger charge is 2.27. The van der Waals surface area contributed by atoms with Crippen molar-refractivity contribution < 1.29 is 4.79 Å². The Labute approximate surface area is 153 Å². The number of carbonyl (C=O) groups is 1. The number of aromatic nitrogens is 3. The normalized spacial score (nSPS) is 11.8. The summed E-state index contributed by atoms with van der Waals surface area (Å²) in [6.45, 7) is 6.41. The van der Waals surface area contributed by atoms with Gasteiger partial charge in [0, 0.05) is 25.1 Å². The maximum atomic E-state index is 13.1. The molecule has 0 aliphatic carbocycles. The monoisotopic (exact) mass is 346 g/mol. The van der Waals surface area contributed by atoms with Crippen molar-refractivity contribution >= 4 is 5.91 Å². The van der Waals surface area contributed by atoms with Gasteiger partial charge < -0.3 is 4.90 Å². The predicted octanol–water partition coefficient (Wildman–Crippen LogP) is 3.74. The molecule has 1 aromatic carbocycles. The first-order valence-corrected chi connectivity index (χ1v) is 8.66. The highest BCUT2D eigenvalue weighted by molar-refractivity contribution is 5.92. The number of amides is 1. The van der Waals surface area contributed by atoms with E-state index in [1.165, 1.54) is 11.8 Å². The summed E-state index contributed by atoms with van der Waals surface area (Å²) in [5, 5.41) is 0. The van der Waals surface area contributed by atoms with Gasteiger partial charge in [-0.15, -0.1) is 0 Å². The molecule has 132 valence electrons. The fourth-order valence-electron chi connectivity index (χ4n) is 2.93. The zero-order valence-corrected chi connectivity index (χ0v) is 15.3. The quantitative estimate of drug-likeness (QED) is 0.706. The van der Waals surface area contributed by atoms with E-state index < -0.39 is 0 Å². The molecule has 3 rings (SSSR count). The van der Waals surface area contributed by atoms with Crippen LogP contribution in [0.4, 0.5) is 0 Å². The van der Waals surface area contributed by atoms with Crippen LogP contribution in [0, 0.1) is 13.8 Å². The summed E-state index contributed by atoms with van der Waals surface area (Å²) < 4.78 is 0. The zero-order chi connectivity index (χ0) is 18.5. The van der Waals surface area contributed by atoms with Gasteiger partial charge in [0.15, 0.2) is 0 Å². The van der Waals surface area contributed by atoms with Gasteiger partial charge in [-0.3, -0.25) is 14.8 Å². The molecule has 0 aliphatic heterocycles. The summed E-state index contributed by atoms with van der Waals surface area (Å²) in [5.41, 5.74) is 4.31. The summed E-state index contributed by atoms with van der Waals surface area (Å²) in [5.74, 6) is -0.144. The van der Waals surface area contributed by atoms with Crippen molar-refractivity contribution in [3.8, 4) is 0 Å². The Balaban J connectivity index is 2.05. The molecule has 0 N–H and O–H groups in total. The minimum Gasteiger partial charge on any atom is -0.326 e. The number of aryl methyl sites for hydroxylation is 2. The second-order valence-electron chi connectivity index (χ2n) is 6.23. The number of benzene rings is 1. The van der Waals surface area contributed by atoms with Crippen molar-refractivity contribution in [2.75, 3.05) is 6.54 Å². The number of nitrogens with zero attached hydrogens (tertiary/aromatic N) is 4. The number of pyridine rings is 1. The molecular formula is C21H22N4O. The van der Waals surface area contributed by atoms with Gasteiger partial charge in [-0.05, 0) is 38.0 Å². The van der Waals surface area contributed by atoms with E-state index in [4.69, 9.17) is 0 Å². The Bertz CT molecular complexity index is 861. The van der Waals surface area contributed by atoms with Crippen LogP contribution in [0.25, 0.3) is 0 Å². The topological polar surface area (TPSA) is 59.0 Å². The Morgan fingerprint density at radius 1 is 1.00 bits per heavy atom. The van der Waals surface area contributed by atoms with Crippen molar-refractivity contribution in [2.45, 2.75) is 26.8 Å². The smallest absolute Gasteiger partial charge is 0.274 e. The summed E-state index contributed by atoms with van der Waals surface area (Å²) in [6.07, 6.45) is 6.70. The van der Waals surface area contributed by atoms with Crippen LogP contribution in [0.5, 0.6) is 0 Å². The Hall–Kier alpha value is -3.08. The second kappa shape index (κ2) is 7.87. The van der Waals surface area contributed by atoms with E-state index in [9.17, 15) is 4.79 Å². The molecule has 0 fully saturated rings. The van der Waals surface area contributed by atoms with Crippen molar-refractivity contribution in [2.24, 2.45) is 0 Å². The molecule has 5 nitrogen and oxygen atoms in total. The van der Waals surface area contributed by atoms with Crippen LogP contribution in [0.1, 0.15) is 45.8 Å². The van der Waals surface area contributed by atoms with Crippen LogP contribution in [-0.4, -0.2) is 32.3 Å². The first kappa shape index (κ1) is 17.7. The van der Waals surface area contributed by atoms with E-state index in [0.29, 0.717) is 12.2 Å². The number of rotatable bonds is 5. The molecule has 3 aromatic rings. The lowest BCUT2D eigenvalue weighted by atomic mass is 9.97. The lowest BCUT2D eigenvalue weighted by Gasteiger charge is -2.31. The molecule has 0 aliphatic rings. The van der Waals surface area contributed by atoms with Gasteiger partial charge >= 0.3 is 0 Å². The van der Waals surface area contributed by atoms with Crippen LogP contribution in [0.2, 0.25) is 0 Å². The first-order chi connectivity index (χ1) is 12.6. The molecule has 0 saturated carbocycles. The minimum absolute atomic E-state index is 0.144. The van der Waals surface area contributed by atoms with E-state index in [0.717, 1.165) is 16.8 Å². The average molecular weight is 346 g/mol. The fourth-order valence-corrected chi connectivity index (χ4v) is 2.93. The van der Waals surface area contributed by atoms with E-state index in [1.54, 1.807) is 23.5 Å². The molecule has 0 spiro atoms. The van der Waals surface area contributed by atoms with Crippen LogP contribution in [0.15, 0.2) is 61.2 Å². The maximum Gasteiger partial charge on any atom is 0.274 e. The predicted molar refractivity (Wildman–Crippen MR) is 101 cm³/mol. The number of carbonyl (C=O) groups excluding carboxylic acids is 1. The Kier molecular flexibility index (Phi) is 5.37. The van der Waals surface area contributed by atoms with Gasteiger partial charge in [-0.1, -0.05) is 35.9 Å². The van der Waals surface area contributed by atoms with E-state index in [2.05, 4.69) is 39.2 Å². The zero-order valence-electron chi connectivity index (χ0n) is 15.3. The van der Waals surface area contributed by atoms with Crippen molar-refractivity contribution in [3.63, 3.8) is 0 Å². The van der Waals surface area contributed by atoms with Gasteiger partial charge in [0.05, 0.1) is 17.9 Å². The SMILES string of the molecule is CCN(C(=O)c1cnc(C)cn1)[C@H](c1ccc(C)cc1)c1cccnc1. The third-order valence-corrected chi connectivity index (χ3v) is 4.31. The minimum atomic E-state index is -0.232. The molecule has 0 unspecified atom stereocenters. The molecule has 26 heavy (non-hydrogen) atoms. The van der Waals surface area contributed by atoms with Crippen molar-refractivity contribution in [1.82, 2.24) is 19.9 Å². The highest BCUT2D eigenvalue weighted by Crippen LogP contribution is 2.29. The van der Waals surface area contributed by atoms with Crippen LogP contribution >= 0.6 is 0 Å². The third-order valence-electron chi connectivity index (χ3n) is 4.31. The van der Waals surface area contributed by atoms with Crippen LogP contribution in [-0.2, 0) is 0 Å². The van der Waals surface area contributed by atoms with Gasteiger partial charge in [0.2, 0.25) is 0 Å². The molecular weight excluding hydrogens is 324 g/mol. The molecule has 0 saturated heterocycles. The van der Waals surface area contributed by atoms with Crippen LogP contribution < -0.4 is 0 Å². The molecule has 2 aromatic heterocycles. The van der Waals surface area contributed by atoms with Gasteiger partial charge in [0.25, 0.3) is 5.91 Å². The summed E-state index contributed by atoms with van der Waals surface area (Å²) in [4.78, 5) is 27.7. The van der Waals surface area contributed by atoms with Gasteiger partial charge in [-0.25, -0.2) is 4.98 Å². The van der Waals surface area contributed by atoms with E-state index >= 15 is 0 Å². The van der Waals surface area contributed by atoms with Gasteiger partial charge in [0.1, 0.15) is 5.69 Å². The lowest BCUT2D eigenvalue weighted by molar-refractivity contribution is 0.0710. The molecule has 5 heteroatoms. The molecule has 1 atom stereocenters. The average Bonchev–Trinajstić information content (AvgIpc) is 2.68. The summed E-state index contributed by atoms with van der Waals surface area (Å²) in [7, 11) is 0. The standard InChI is InChI=1S/C21H22N4O/c1-4-25(21(26)19-14-23-16(3)12-24-19)20(18-6-5-11-22-13-18)17-9-7-15(2)8-10-17/h5-14,20H,4H2,1-3H3/t20-/m1/s1. The summed E-state index contributed by atoms with van der Waals surface area (Å²) >= 11 is 0. The first-order valence-electron chi connectivity index (χ1n) is 8.66. The van der Waals surface area contributed by atoms with E-state index in [1.807, 2.05) is 32.9 Å². The fraction of sp³-hybridized carbons (Fsp3) is 0.238. The largest absolute Gasteiger partial charge is 0.326 e. The van der Waals surface area contributed by atoms with Crippen LogP contribution in [0.3, 0.4) is 0 Å². The molecule has 2 heterocycles. The Morgan fingerprint density at radius 2 is 1.77 bits per heavy atom. The molecule has 1 amide bonds. The maximum absolute atomic E-state index is 13.1. The summed E-state index contributed by atoms with van der Waals surface area (Å²) in [6, 6.07) is 11.9. The second-order valence-corrected chi connectivity index (χ2v) is 6.23. The van der Waals surface area contributed by atoms with Crippen molar-refractivity contribution in [1.29, 1.82) is 0 Å². The molecule has 0 bridgehead atoms. The van der Waals surface area contributed by atoms with Crippen molar-refractivity contribution in [3.05, 3.63) is 89.3 Å².